The Hall–Kier alpha value is -1.91. The third kappa shape index (κ3) is 2.40. The van der Waals surface area contributed by atoms with E-state index >= 15 is 0 Å². The summed E-state index contributed by atoms with van der Waals surface area (Å²) in [5.74, 6) is 2.25. The topological polar surface area (TPSA) is 67.9 Å². The fourth-order valence-corrected chi connectivity index (χ4v) is 3.15. The molecule has 1 aliphatic carbocycles. The lowest BCUT2D eigenvalue weighted by molar-refractivity contribution is 0.336. The van der Waals surface area contributed by atoms with E-state index in [0.29, 0.717) is 17.5 Å². The van der Waals surface area contributed by atoms with Crippen LogP contribution in [-0.4, -0.2) is 28.0 Å². The summed E-state index contributed by atoms with van der Waals surface area (Å²) in [7, 11) is 2.13. The number of nitrogens with zero attached hydrogens (tertiary/aromatic N) is 4. The normalized spacial score (nSPS) is 22.9. The van der Waals surface area contributed by atoms with Crippen molar-refractivity contribution >= 4 is 22.7 Å². The summed E-state index contributed by atoms with van der Waals surface area (Å²) in [4.78, 5) is 15.3. The molecule has 2 N–H and O–H groups in total. The Labute approximate surface area is 119 Å². The van der Waals surface area contributed by atoms with Crippen LogP contribution >= 0.6 is 0 Å². The lowest BCUT2D eigenvalue weighted by Crippen LogP contribution is -2.36. The van der Waals surface area contributed by atoms with E-state index in [4.69, 9.17) is 5.73 Å². The molecule has 0 aliphatic heterocycles. The zero-order valence-corrected chi connectivity index (χ0v) is 12.1. The van der Waals surface area contributed by atoms with Gasteiger partial charge in [-0.3, -0.25) is 0 Å². The number of nitrogens with two attached hydrogens (primary N) is 1. The van der Waals surface area contributed by atoms with Gasteiger partial charge in [-0.2, -0.15) is 0 Å². The Morgan fingerprint density at radius 3 is 2.90 bits per heavy atom. The molecular weight excluding hydrogens is 250 g/mol. The van der Waals surface area contributed by atoms with Crippen LogP contribution in [0.25, 0.3) is 11.0 Å². The maximum Gasteiger partial charge on any atom is 0.166 e. The van der Waals surface area contributed by atoms with Crippen molar-refractivity contribution in [1.82, 2.24) is 15.0 Å². The Morgan fingerprint density at radius 2 is 2.10 bits per heavy atom. The van der Waals surface area contributed by atoms with E-state index in [-0.39, 0.29) is 0 Å². The number of fused-ring (bicyclic) bond motifs is 1. The highest BCUT2D eigenvalue weighted by Gasteiger charge is 2.24. The van der Waals surface area contributed by atoms with Crippen LogP contribution in [0.2, 0.25) is 0 Å². The van der Waals surface area contributed by atoms with Crippen LogP contribution in [0.5, 0.6) is 0 Å². The van der Waals surface area contributed by atoms with E-state index in [1.54, 1.807) is 6.33 Å². The van der Waals surface area contributed by atoms with E-state index in [0.717, 1.165) is 17.1 Å². The van der Waals surface area contributed by atoms with Gasteiger partial charge >= 0.3 is 0 Å². The highest BCUT2D eigenvalue weighted by molar-refractivity contribution is 5.87. The summed E-state index contributed by atoms with van der Waals surface area (Å²) in [5, 5.41) is 0.974. The average Bonchev–Trinajstić information content (AvgIpc) is 2.45. The summed E-state index contributed by atoms with van der Waals surface area (Å²) >= 11 is 0. The Balaban J connectivity index is 1.96. The van der Waals surface area contributed by atoms with Crippen molar-refractivity contribution in [2.24, 2.45) is 5.92 Å². The van der Waals surface area contributed by atoms with Crippen molar-refractivity contribution in [3.8, 4) is 0 Å². The molecule has 2 aromatic rings. The van der Waals surface area contributed by atoms with Gasteiger partial charge in [0.1, 0.15) is 18.0 Å². The molecule has 5 nitrogen and oxygen atoms in total. The van der Waals surface area contributed by atoms with Crippen LogP contribution in [0.1, 0.15) is 32.6 Å². The largest absolute Gasteiger partial charge is 0.384 e. The summed E-state index contributed by atoms with van der Waals surface area (Å²) in [6.45, 7) is 2.33. The molecule has 0 bridgehead atoms. The predicted octanol–water partition coefficient (Wildman–Crippen LogP) is 2.62. The third-order valence-corrected chi connectivity index (χ3v) is 4.29. The minimum absolute atomic E-state index is 0.496. The minimum atomic E-state index is 0.496. The molecular formula is C15H21N5. The number of aromatic nitrogens is 3. The molecule has 0 radical (unpaired) electrons. The van der Waals surface area contributed by atoms with Crippen molar-refractivity contribution < 1.29 is 0 Å². The lowest BCUT2D eigenvalue weighted by Gasteiger charge is -2.35. The second-order valence-corrected chi connectivity index (χ2v) is 5.84. The minimum Gasteiger partial charge on any atom is -0.384 e. The van der Waals surface area contributed by atoms with Crippen LogP contribution in [0.4, 0.5) is 11.6 Å². The SMILES string of the molecule is CC1CCCC(N(C)c2ncnc3nc(N)ccc23)C1. The molecule has 2 atom stereocenters. The van der Waals surface area contributed by atoms with Crippen molar-refractivity contribution in [3.63, 3.8) is 0 Å². The molecule has 2 aromatic heterocycles. The Morgan fingerprint density at radius 1 is 1.25 bits per heavy atom. The standard InChI is InChI=1S/C15H21N5/c1-10-4-3-5-11(8-10)20(2)15-12-6-7-13(16)19-14(12)17-9-18-15/h6-7,9-11H,3-5,8H2,1-2H3,(H2,16,17,18,19). The molecule has 3 rings (SSSR count). The van der Waals surface area contributed by atoms with E-state index in [1.807, 2.05) is 12.1 Å². The lowest BCUT2D eigenvalue weighted by atomic mass is 9.86. The van der Waals surface area contributed by atoms with Gasteiger partial charge in [-0.25, -0.2) is 15.0 Å². The maximum atomic E-state index is 5.73. The maximum absolute atomic E-state index is 5.73. The molecule has 1 fully saturated rings. The van der Waals surface area contributed by atoms with E-state index in [1.165, 1.54) is 25.7 Å². The van der Waals surface area contributed by atoms with Crippen LogP contribution in [0.15, 0.2) is 18.5 Å². The smallest absolute Gasteiger partial charge is 0.166 e. The highest BCUT2D eigenvalue weighted by Crippen LogP contribution is 2.31. The monoisotopic (exact) mass is 271 g/mol. The predicted molar refractivity (Wildman–Crippen MR) is 81.6 cm³/mol. The van der Waals surface area contributed by atoms with Gasteiger partial charge < -0.3 is 10.6 Å². The van der Waals surface area contributed by atoms with Gasteiger partial charge in [0, 0.05) is 13.1 Å². The van der Waals surface area contributed by atoms with Gasteiger partial charge in [0.15, 0.2) is 5.65 Å². The van der Waals surface area contributed by atoms with Crippen LogP contribution < -0.4 is 10.6 Å². The van der Waals surface area contributed by atoms with Crippen molar-refractivity contribution in [1.29, 1.82) is 0 Å². The van der Waals surface area contributed by atoms with Crippen LogP contribution in [-0.2, 0) is 0 Å². The second kappa shape index (κ2) is 5.23. The molecule has 1 aliphatic rings. The Bertz CT molecular complexity index is 612. The third-order valence-electron chi connectivity index (χ3n) is 4.29. The van der Waals surface area contributed by atoms with Crippen molar-refractivity contribution in [3.05, 3.63) is 18.5 Å². The molecule has 106 valence electrons. The van der Waals surface area contributed by atoms with Gasteiger partial charge in [-0.1, -0.05) is 19.8 Å². The first kappa shape index (κ1) is 13.1. The van der Waals surface area contributed by atoms with Gasteiger partial charge in [0.25, 0.3) is 0 Å². The summed E-state index contributed by atoms with van der Waals surface area (Å²) < 4.78 is 0. The molecule has 1 saturated carbocycles. The molecule has 2 unspecified atom stereocenters. The second-order valence-electron chi connectivity index (χ2n) is 5.84. The van der Waals surface area contributed by atoms with Crippen molar-refractivity contribution in [2.75, 3.05) is 17.7 Å². The molecule has 0 spiro atoms. The molecule has 0 aromatic carbocycles. The first-order valence-corrected chi connectivity index (χ1v) is 7.25. The van der Waals surface area contributed by atoms with Crippen LogP contribution in [0, 0.1) is 5.92 Å². The highest BCUT2D eigenvalue weighted by atomic mass is 15.2. The number of anilines is 2. The number of hydrogen-bond acceptors (Lipinski definition) is 5. The number of hydrogen-bond donors (Lipinski definition) is 1. The number of pyridine rings is 1. The average molecular weight is 271 g/mol. The van der Waals surface area contributed by atoms with Gasteiger partial charge in [0.05, 0.1) is 5.39 Å². The van der Waals surface area contributed by atoms with E-state index < -0.39 is 0 Å². The summed E-state index contributed by atoms with van der Waals surface area (Å²) in [6.07, 6.45) is 6.67. The summed E-state index contributed by atoms with van der Waals surface area (Å²) in [6, 6.07) is 4.33. The first-order chi connectivity index (χ1) is 9.65. The van der Waals surface area contributed by atoms with E-state index in [2.05, 4.69) is 33.8 Å². The van der Waals surface area contributed by atoms with Gasteiger partial charge in [-0.05, 0) is 30.9 Å². The van der Waals surface area contributed by atoms with Gasteiger partial charge in [0.2, 0.25) is 0 Å². The molecule has 20 heavy (non-hydrogen) atoms. The van der Waals surface area contributed by atoms with Gasteiger partial charge in [-0.15, -0.1) is 0 Å². The fourth-order valence-electron chi connectivity index (χ4n) is 3.15. The van der Waals surface area contributed by atoms with E-state index in [9.17, 15) is 0 Å². The molecule has 5 heteroatoms. The molecule has 0 saturated heterocycles. The number of nitrogen functional groups attached to an aromatic ring is 1. The zero-order valence-electron chi connectivity index (χ0n) is 12.1. The zero-order chi connectivity index (χ0) is 14.1. The first-order valence-electron chi connectivity index (χ1n) is 7.25. The Kier molecular flexibility index (Phi) is 3.42. The van der Waals surface area contributed by atoms with Crippen LogP contribution in [0.3, 0.4) is 0 Å². The fraction of sp³-hybridized carbons (Fsp3) is 0.533. The quantitative estimate of drug-likeness (QED) is 0.909. The molecule has 2 heterocycles. The number of rotatable bonds is 2. The molecule has 0 amide bonds. The summed E-state index contributed by atoms with van der Waals surface area (Å²) in [5.41, 5.74) is 6.40. The van der Waals surface area contributed by atoms with Crippen molar-refractivity contribution in [2.45, 2.75) is 38.6 Å².